The molecule has 1 aromatic rings. The van der Waals surface area contributed by atoms with Crippen molar-refractivity contribution in [2.75, 3.05) is 18.0 Å². The molecule has 2 aliphatic heterocycles. The van der Waals surface area contributed by atoms with E-state index in [2.05, 4.69) is 5.32 Å². The van der Waals surface area contributed by atoms with E-state index in [1.807, 2.05) is 41.0 Å². The number of carbonyl (C=O) groups excluding carboxylic acids is 1. The number of anilines is 1. The van der Waals surface area contributed by atoms with Crippen LogP contribution in [0, 0.1) is 12.8 Å². The fourth-order valence-corrected chi connectivity index (χ4v) is 5.04. The van der Waals surface area contributed by atoms with Crippen LogP contribution in [0.15, 0.2) is 24.3 Å². The van der Waals surface area contributed by atoms with E-state index in [1.165, 1.54) is 0 Å². The van der Waals surface area contributed by atoms with Crippen LogP contribution in [-0.4, -0.2) is 63.5 Å². The number of fused-ring (bicyclic) bond motifs is 1. The van der Waals surface area contributed by atoms with E-state index in [9.17, 15) is 15.0 Å². The van der Waals surface area contributed by atoms with Gasteiger partial charge in [-0.1, -0.05) is 17.7 Å². The first-order chi connectivity index (χ1) is 13.0. The molecule has 3 aliphatic rings. The first-order valence-corrected chi connectivity index (χ1v) is 10.2. The highest BCUT2D eigenvalue weighted by Gasteiger charge is 2.54. The molecule has 1 saturated carbocycles. The molecule has 0 radical (unpaired) electrons. The maximum atomic E-state index is 13.3. The van der Waals surface area contributed by atoms with E-state index in [1.54, 1.807) is 0 Å². The van der Waals surface area contributed by atoms with Gasteiger partial charge in [-0.05, 0) is 57.0 Å². The molecular formula is C20H27N3O3S. The maximum absolute atomic E-state index is 13.3. The minimum Gasteiger partial charge on any atom is -0.390 e. The van der Waals surface area contributed by atoms with E-state index in [-0.39, 0.29) is 18.4 Å². The van der Waals surface area contributed by atoms with E-state index in [4.69, 9.17) is 12.2 Å². The molecule has 0 aromatic heterocycles. The summed E-state index contributed by atoms with van der Waals surface area (Å²) in [6.07, 6.45) is 1.58. The zero-order chi connectivity index (χ0) is 19.1. The third kappa shape index (κ3) is 3.32. The first-order valence-electron chi connectivity index (χ1n) is 9.78. The molecule has 1 aliphatic carbocycles. The molecule has 5 atom stereocenters. The maximum Gasteiger partial charge on any atom is 0.227 e. The zero-order valence-electron chi connectivity index (χ0n) is 15.5. The number of carbonyl (C=O) groups is 1. The van der Waals surface area contributed by atoms with Crippen molar-refractivity contribution >= 4 is 28.9 Å². The molecule has 4 rings (SSSR count). The highest BCUT2D eigenvalue weighted by molar-refractivity contribution is 7.80. The number of piperidine rings is 1. The minimum absolute atomic E-state index is 0.0688. The van der Waals surface area contributed by atoms with Crippen molar-refractivity contribution in [2.45, 2.75) is 56.9 Å². The normalized spacial score (nSPS) is 33.6. The lowest BCUT2D eigenvalue weighted by atomic mass is 9.76. The van der Waals surface area contributed by atoms with Gasteiger partial charge in [0.2, 0.25) is 5.91 Å². The fourth-order valence-electron chi connectivity index (χ4n) is 4.68. The summed E-state index contributed by atoms with van der Waals surface area (Å²) in [4.78, 5) is 17.2. The molecule has 146 valence electrons. The molecule has 5 unspecified atom stereocenters. The SMILES string of the molecule is Cc1ccc(N2C(=S)NC3C(O)C(O)CC(C(=O)N4CCCCC4)C32)cc1. The number of aryl methyl sites for hydroxylation is 1. The van der Waals surface area contributed by atoms with Gasteiger partial charge in [-0.3, -0.25) is 4.79 Å². The molecule has 0 bridgehead atoms. The lowest BCUT2D eigenvalue weighted by Gasteiger charge is -2.43. The predicted octanol–water partition coefficient (Wildman–Crippen LogP) is 1.18. The molecule has 3 N–H and O–H groups in total. The van der Waals surface area contributed by atoms with Crippen molar-refractivity contribution in [3.05, 3.63) is 29.8 Å². The van der Waals surface area contributed by atoms with Gasteiger partial charge in [0, 0.05) is 18.8 Å². The standard InChI is InChI=1S/C20H27N3O3S/c1-12-5-7-13(8-6-12)23-17-14(19(26)22-9-3-2-4-10-22)11-15(24)18(25)16(17)21-20(23)27/h5-8,14-18,24-25H,2-4,9-11H2,1H3,(H,21,27). The second-order valence-electron chi connectivity index (χ2n) is 7.96. The topological polar surface area (TPSA) is 76.0 Å². The summed E-state index contributed by atoms with van der Waals surface area (Å²) in [5, 5.41) is 24.6. The molecule has 1 amide bonds. The van der Waals surface area contributed by atoms with Gasteiger partial charge < -0.3 is 25.3 Å². The van der Waals surface area contributed by atoms with Crippen molar-refractivity contribution in [1.29, 1.82) is 0 Å². The minimum atomic E-state index is -0.950. The lowest BCUT2D eigenvalue weighted by molar-refractivity contribution is -0.142. The molecule has 7 heteroatoms. The number of aliphatic hydroxyl groups is 2. The Morgan fingerprint density at radius 1 is 1.15 bits per heavy atom. The summed E-state index contributed by atoms with van der Waals surface area (Å²) in [6.45, 7) is 3.57. The van der Waals surface area contributed by atoms with E-state index in [0.717, 1.165) is 43.6 Å². The van der Waals surface area contributed by atoms with Gasteiger partial charge in [0.15, 0.2) is 5.11 Å². The first kappa shape index (κ1) is 18.7. The van der Waals surface area contributed by atoms with Crippen LogP contribution >= 0.6 is 12.2 Å². The summed E-state index contributed by atoms with van der Waals surface area (Å²) in [5.41, 5.74) is 2.05. The summed E-state index contributed by atoms with van der Waals surface area (Å²) in [5.74, 6) is -0.333. The monoisotopic (exact) mass is 389 g/mol. The number of nitrogens with zero attached hydrogens (tertiary/aromatic N) is 2. The molecule has 1 aromatic carbocycles. The van der Waals surface area contributed by atoms with Crippen molar-refractivity contribution in [3.8, 4) is 0 Å². The fraction of sp³-hybridized carbons (Fsp3) is 0.600. The van der Waals surface area contributed by atoms with Crippen LogP contribution < -0.4 is 10.2 Å². The third-order valence-electron chi connectivity index (χ3n) is 6.14. The zero-order valence-corrected chi connectivity index (χ0v) is 16.4. The van der Waals surface area contributed by atoms with E-state index < -0.39 is 24.2 Å². The second kappa shape index (κ2) is 7.37. The largest absolute Gasteiger partial charge is 0.390 e. The number of rotatable bonds is 2. The third-order valence-corrected chi connectivity index (χ3v) is 6.46. The Balaban J connectivity index is 1.68. The van der Waals surface area contributed by atoms with E-state index >= 15 is 0 Å². The van der Waals surface area contributed by atoms with Gasteiger partial charge in [0.05, 0.1) is 24.1 Å². The van der Waals surface area contributed by atoms with Crippen LogP contribution in [-0.2, 0) is 4.79 Å². The van der Waals surface area contributed by atoms with Gasteiger partial charge in [0.25, 0.3) is 0 Å². The van der Waals surface area contributed by atoms with Gasteiger partial charge in [-0.15, -0.1) is 0 Å². The number of thiocarbonyl (C=S) groups is 1. The quantitative estimate of drug-likeness (QED) is 0.660. The van der Waals surface area contributed by atoms with Crippen LogP contribution in [0.1, 0.15) is 31.2 Å². The molecule has 2 heterocycles. The molecule has 2 saturated heterocycles. The summed E-state index contributed by atoms with van der Waals surface area (Å²) in [6, 6.07) is 7.26. The molecule has 6 nitrogen and oxygen atoms in total. The second-order valence-corrected chi connectivity index (χ2v) is 8.34. The van der Waals surface area contributed by atoms with Crippen molar-refractivity contribution in [3.63, 3.8) is 0 Å². The lowest BCUT2D eigenvalue weighted by Crippen LogP contribution is -2.61. The Bertz CT molecular complexity index is 720. The Hall–Kier alpha value is -1.70. The van der Waals surface area contributed by atoms with E-state index in [0.29, 0.717) is 5.11 Å². The Labute approximate surface area is 165 Å². The van der Waals surface area contributed by atoms with Crippen LogP contribution in [0.25, 0.3) is 0 Å². The van der Waals surface area contributed by atoms with Gasteiger partial charge in [0.1, 0.15) is 6.10 Å². The average molecular weight is 390 g/mol. The van der Waals surface area contributed by atoms with Gasteiger partial charge in [-0.2, -0.15) is 0 Å². The summed E-state index contributed by atoms with van der Waals surface area (Å²) in [7, 11) is 0. The molecular weight excluding hydrogens is 362 g/mol. The van der Waals surface area contributed by atoms with Crippen LogP contribution in [0.2, 0.25) is 0 Å². The number of aliphatic hydroxyl groups excluding tert-OH is 2. The Morgan fingerprint density at radius 3 is 2.48 bits per heavy atom. The number of likely N-dealkylation sites (tertiary alicyclic amines) is 1. The summed E-state index contributed by atoms with van der Waals surface area (Å²) >= 11 is 5.55. The molecule has 27 heavy (non-hydrogen) atoms. The summed E-state index contributed by atoms with van der Waals surface area (Å²) < 4.78 is 0. The van der Waals surface area contributed by atoms with Gasteiger partial charge >= 0.3 is 0 Å². The number of hydrogen-bond donors (Lipinski definition) is 3. The Kier molecular flexibility index (Phi) is 5.09. The van der Waals surface area contributed by atoms with Crippen molar-refractivity contribution in [1.82, 2.24) is 10.2 Å². The van der Waals surface area contributed by atoms with Crippen LogP contribution in [0.5, 0.6) is 0 Å². The number of nitrogens with one attached hydrogen (secondary N) is 1. The van der Waals surface area contributed by atoms with Crippen LogP contribution in [0.4, 0.5) is 5.69 Å². The number of amides is 1. The number of benzene rings is 1. The molecule has 0 spiro atoms. The Morgan fingerprint density at radius 2 is 1.81 bits per heavy atom. The average Bonchev–Trinajstić information content (AvgIpc) is 3.03. The predicted molar refractivity (Wildman–Crippen MR) is 108 cm³/mol. The molecule has 3 fully saturated rings. The smallest absolute Gasteiger partial charge is 0.227 e. The number of hydrogen-bond acceptors (Lipinski definition) is 4. The van der Waals surface area contributed by atoms with Crippen molar-refractivity contribution in [2.24, 2.45) is 5.92 Å². The van der Waals surface area contributed by atoms with Crippen LogP contribution in [0.3, 0.4) is 0 Å². The van der Waals surface area contributed by atoms with Gasteiger partial charge in [-0.25, -0.2) is 0 Å². The van der Waals surface area contributed by atoms with Crippen molar-refractivity contribution < 1.29 is 15.0 Å². The highest BCUT2D eigenvalue weighted by Crippen LogP contribution is 2.37. The highest BCUT2D eigenvalue weighted by atomic mass is 32.1.